The van der Waals surface area contributed by atoms with Gasteiger partial charge in [0.05, 0.1) is 25.4 Å². The van der Waals surface area contributed by atoms with Gasteiger partial charge >= 0.3 is 0 Å². The van der Waals surface area contributed by atoms with Crippen molar-refractivity contribution < 1.29 is 9.84 Å². The summed E-state index contributed by atoms with van der Waals surface area (Å²) < 4.78 is 5.95. The van der Waals surface area contributed by atoms with Gasteiger partial charge in [-0.3, -0.25) is 4.90 Å². The maximum absolute atomic E-state index is 10.8. The van der Waals surface area contributed by atoms with E-state index in [4.69, 9.17) is 4.74 Å². The van der Waals surface area contributed by atoms with E-state index >= 15 is 0 Å². The number of benzene rings is 1. The Kier molecular flexibility index (Phi) is 6.42. The summed E-state index contributed by atoms with van der Waals surface area (Å²) in [5, 5.41) is 10.8. The van der Waals surface area contributed by atoms with Crippen LogP contribution in [0.4, 0.5) is 0 Å². The number of rotatable bonds is 6. The van der Waals surface area contributed by atoms with Crippen LogP contribution < -0.4 is 0 Å². The first-order valence-corrected chi connectivity index (χ1v) is 8.52. The molecule has 2 atom stereocenters. The molecule has 1 saturated heterocycles. The second kappa shape index (κ2) is 8.09. The summed E-state index contributed by atoms with van der Waals surface area (Å²) in [6.45, 7) is 9.66. The lowest BCUT2D eigenvalue weighted by Crippen LogP contribution is -2.53. The molecule has 0 bridgehead atoms. The predicted octanol–water partition coefficient (Wildman–Crippen LogP) is 3.46. The summed E-state index contributed by atoms with van der Waals surface area (Å²) >= 11 is 0. The Balaban J connectivity index is 1.94. The van der Waals surface area contributed by atoms with Crippen LogP contribution in [-0.2, 0) is 11.3 Å². The smallest absolute Gasteiger partial charge is 0.0766 e. The van der Waals surface area contributed by atoms with Gasteiger partial charge in [-0.15, -0.1) is 0 Å². The van der Waals surface area contributed by atoms with Crippen molar-refractivity contribution in [3.63, 3.8) is 0 Å². The van der Waals surface area contributed by atoms with Gasteiger partial charge in [-0.2, -0.15) is 0 Å². The fourth-order valence-electron chi connectivity index (χ4n) is 3.10. The van der Waals surface area contributed by atoms with E-state index in [2.05, 4.69) is 37.8 Å². The van der Waals surface area contributed by atoms with Crippen LogP contribution in [0.3, 0.4) is 0 Å². The maximum atomic E-state index is 10.8. The van der Waals surface area contributed by atoms with E-state index in [0.29, 0.717) is 13.2 Å². The Bertz CT molecular complexity index is 421. The molecule has 2 rings (SSSR count). The van der Waals surface area contributed by atoms with Gasteiger partial charge < -0.3 is 9.84 Å². The highest BCUT2D eigenvalue weighted by atomic mass is 16.5. The second-order valence-electron chi connectivity index (χ2n) is 7.48. The van der Waals surface area contributed by atoms with Crippen LogP contribution in [-0.4, -0.2) is 41.8 Å². The molecule has 1 aliphatic heterocycles. The molecule has 3 heteroatoms. The highest BCUT2D eigenvalue weighted by Gasteiger charge is 2.34. The Labute approximate surface area is 135 Å². The molecule has 1 aromatic rings. The van der Waals surface area contributed by atoms with E-state index in [0.717, 1.165) is 13.1 Å². The standard InChI is InChI=1S/C19H31NO2/c1-19(2,3)18(21)17(20-12-8-5-9-13-20)15-22-14-16-10-6-4-7-11-16/h4,6-7,10-11,17-18,21H,5,8-9,12-15H2,1-3H3/t17-,18-/m1/s1. The molecule has 1 heterocycles. The van der Waals surface area contributed by atoms with E-state index < -0.39 is 0 Å². The van der Waals surface area contributed by atoms with Crippen molar-refractivity contribution >= 4 is 0 Å². The zero-order valence-corrected chi connectivity index (χ0v) is 14.3. The molecule has 0 aromatic heterocycles. The molecule has 1 aliphatic rings. The van der Waals surface area contributed by atoms with Crippen LogP contribution in [0.1, 0.15) is 45.6 Å². The third-order valence-corrected chi connectivity index (χ3v) is 4.51. The van der Waals surface area contributed by atoms with Gasteiger partial charge in [0.1, 0.15) is 0 Å². The minimum atomic E-state index is -0.374. The topological polar surface area (TPSA) is 32.7 Å². The van der Waals surface area contributed by atoms with Gasteiger partial charge in [0.2, 0.25) is 0 Å². The molecule has 124 valence electrons. The van der Waals surface area contributed by atoms with Gasteiger partial charge in [-0.1, -0.05) is 57.5 Å². The summed E-state index contributed by atoms with van der Waals surface area (Å²) in [6.07, 6.45) is 3.39. The number of likely N-dealkylation sites (tertiary alicyclic amines) is 1. The average Bonchev–Trinajstić information content (AvgIpc) is 2.52. The normalized spacial score (nSPS) is 19.8. The number of hydrogen-bond acceptors (Lipinski definition) is 3. The van der Waals surface area contributed by atoms with Gasteiger partial charge in [0.15, 0.2) is 0 Å². The average molecular weight is 305 g/mol. The van der Waals surface area contributed by atoms with Crippen molar-refractivity contribution in [1.29, 1.82) is 0 Å². The van der Waals surface area contributed by atoms with Crippen LogP contribution in [0.2, 0.25) is 0 Å². The lowest BCUT2D eigenvalue weighted by molar-refractivity contribution is -0.0627. The molecule has 0 aliphatic carbocycles. The Morgan fingerprint density at radius 3 is 2.32 bits per heavy atom. The zero-order chi connectivity index (χ0) is 16.0. The van der Waals surface area contributed by atoms with Crippen LogP contribution in [0.15, 0.2) is 30.3 Å². The van der Waals surface area contributed by atoms with Crippen LogP contribution in [0.5, 0.6) is 0 Å². The molecule has 3 nitrogen and oxygen atoms in total. The van der Waals surface area contributed by atoms with Gasteiger partial charge in [-0.25, -0.2) is 0 Å². The molecule has 0 spiro atoms. The van der Waals surface area contributed by atoms with E-state index in [1.165, 1.54) is 24.8 Å². The van der Waals surface area contributed by atoms with Crippen molar-refractivity contribution in [2.45, 2.75) is 58.8 Å². The van der Waals surface area contributed by atoms with Crippen LogP contribution >= 0.6 is 0 Å². The highest BCUT2D eigenvalue weighted by Crippen LogP contribution is 2.26. The Morgan fingerprint density at radius 1 is 1.09 bits per heavy atom. The van der Waals surface area contributed by atoms with Crippen molar-refractivity contribution in [2.24, 2.45) is 5.41 Å². The number of hydrogen-bond donors (Lipinski definition) is 1. The van der Waals surface area contributed by atoms with E-state index in [-0.39, 0.29) is 17.6 Å². The third kappa shape index (κ3) is 5.08. The molecule has 1 fully saturated rings. The number of aliphatic hydroxyl groups excluding tert-OH is 1. The summed E-state index contributed by atoms with van der Waals surface area (Å²) in [4.78, 5) is 2.42. The number of aliphatic hydroxyl groups is 1. The monoisotopic (exact) mass is 305 g/mol. The molecule has 22 heavy (non-hydrogen) atoms. The lowest BCUT2D eigenvalue weighted by atomic mass is 9.84. The van der Waals surface area contributed by atoms with Crippen molar-refractivity contribution in [2.75, 3.05) is 19.7 Å². The SMILES string of the molecule is CC(C)(C)[C@H](O)[C@@H](COCc1ccccc1)N1CCCCC1. The number of ether oxygens (including phenoxy) is 1. The lowest BCUT2D eigenvalue weighted by Gasteiger charge is -2.41. The second-order valence-corrected chi connectivity index (χ2v) is 7.48. The first kappa shape index (κ1) is 17.5. The predicted molar refractivity (Wildman–Crippen MR) is 90.8 cm³/mol. The van der Waals surface area contributed by atoms with Gasteiger partial charge in [0, 0.05) is 0 Å². The Hall–Kier alpha value is -0.900. The maximum Gasteiger partial charge on any atom is 0.0766 e. The van der Waals surface area contributed by atoms with E-state index in [9.17, 15) is 5.11 Å². The summed E-state index contributed by atoms with van der Waals surface area (Å²) in [6, 6.07) is 10.3. The van der Waals surface area contributed by atoms with Crippen LogP contribution in [0.25, 0.3) is 0 Å². The number of piperidine rings is 1. The quantitative estimate of drug-likeness (QED) is 0.873. The molecule has 0 amide bonds. The zero-order valence-electron chi connectivity index (χ0n) is 14.3. The molecular formula is C19H31NO2. The van der Waals surface area contributed by atoms with Crippen molar-refractivity contribution in [3.05, 3.63) is 35.9 Å². The summed E-state index contributed by atoms with van der Waals surface area (Å²) in [7, 11) is 0. The van der Waals surface area contributed by atoms with Crippen molar-refractivity contribution in [1.82, 2.24) is 4.90 Å². The molecule has 1 N–H and O–H groups in total. The van der Waals surface area contributed by atoms with Crippen molar-refractivity contribution in [3.8, 4) is 0 Å². The Morgan fingerprint density at radius 2 is 1.73 bits per heavy atom. The minimum Gasteiger partial charge on any atom is -0.391 e. The first-order chi connectivity index (χ1) is 10.5. The molecular weight excluding hydrogens is 274 g/mol. The fraction of sp³-hybridized carbons (Fsp3) is 0.684. The van der Waals surface area contributed by atoms with E-state index in [1.807, 2.05) is 18.2 Å². The molecule has 1 aromatic carbocycles. The molecule has 0 saturated carbocycles. The summed E-state index contributed by atoms with van der Waals surface area (Å²) in [5.41, 5.74) is 1.06. The largest absolute Gasteiger partial charge is 0.391 e. The van der Waals surface area contributed by atoms with Gasteiger partial charge in [0.25, 0.3) is 0 Å². The molecule has 0 unspecified atom stereocenters. The van der Waals surface area contributed by atoms with Gasteiger partial charge in [-0.05, 0) is 36.9 Å². The van der Waals surface area contributed by atoms with Crippen LogP contribution in [0, 0.1) is 5.41 Å². The minimum absolute atomic E-state index is 0.0870. The van der Waals surface area contributed by atoms with E-state index in [1.54, 1.807) is 0 Å². The summed E-state index contributed by atoms with van der Waals surface area (Å²) in [5.74, 6) is 0. The first-order valence-electron chi connectivity index (χ1n) is 8.52. The number of nitrogens with zero attached hydrogens (tertiary/aromatic N) is 1. The fourth-order valence-corrected chi connectivity index (χ4v) is 3.10. The molecule has 0 radical (unpaired) electrons. The third-order valence-electron chi connectivity index (χ3n) is 4.51. The highest BCUT2D eigenvalue weighted by molar-refractivity contribution is 5.13.